The highest BCUT2D eigenvalue weighted by molar-refractivity contribution is 7.99. The van der Waals surface area contributed by atoms with Gasteiger partial charge in [0.25, 0.3) is 0 Å². The smallest absolute Gasteiger partial charge is 0.227 e. The van der Waals surface area contributed by atoms with Crippen LogP contribution in [0.5, 0.6) is 0 Å². The van der Waals surface area contributed by atoms with Gasteiger partial charge in [0.2, 0.25) is 5.91 Å². The van der Waals surface area contributed by atoms with Crippen molar-refractivity contribution in [1.29, 1.82) is 0 Å². The summed E-state index contributed by atoms with van der Waals surface area (Å²) in [6, 6.07) is 16.2. The Morgan fingerprint density at radius 1 is 1.17 bits per heavy atom. The zero-order chi connectivity index (χ0) is 16.4. The number of para-hydroxylation sites is 3. The Morgan fingerprint density at radius 3 is 2.92 bits per heavy atom. The predicted molar refractivity (Wildman–Crippen MR) is 98.6 cm³/mol. The highest BCUT2D eigenvalue weighted by Crippen LogP contribution is 2.28. The topological polar surface area (TPSA) is 49.0 Å². The fraction of sp³-hybridized carbons (Fsp3) is 0.263. The first-order chi connectivity index (χ1) is 11.8. The molecule has 1 aromatic heterocycles. The second-order valence-electron chi connectivity index (χ2n) is 5.94. The van der Waals surface area contributed by atoms with Gasteiger partial charge in [-0.2, -0.15) is 0 Å². The summed E-state index contributed by atoms with van der Waals surface area (Å²) in [5.74, 6) is 0.933. The molecule has 2 aromatic carbocycles. The molecule has 0 saturated heterocycles. The number of fused-ring (bicyclic) bond motifs is 2. The van der Waals surface area contributed by atoms with Crippen LogP contribution in [0.2, 0.25) is 0 Å². The number of carbonyl (C=O) groups excluding carboxylic acids is 1. The summed E-state index contributed by atoms with van der Waals surface area (Å²) in [7, 11) is 0. The van der Waals surface area contributed by atoms with E-state index < -0.39 is 0 Å². The molecule has 4 nitrogen and oxygen atoms in total. The van der Waals surface area contributed by atoms with Crippen molar-refractivity contribution >= 4 is 34.4 Å². The van der Waals surface area contributed by atoms with Gasteiger partial charge >= 0.3 is 0 Å². The molecule has 122 valence electrons. The van der Waals surface area contributed by atoms with Gasteiger partial charge in [-0.05, 0) is 36.6 Å². The molecule has 3 aromatic rings. The van der Waals surface area contributed by atoms with E-state index in [1.165, 1.54) is 5.56 Å². The Balaban J connectivity index is 1.39. The second-order valence-corrected chi connectivity index (χ2v) is 7.02. The first-order valence-corrected chi connectivity index (χ1v) is 9.25. The maximum absolute atomic E-state index is 12.6. The van der Waals surface area contributed by atoms with E-state index in [1.54, 1.807) is 11.8 Å². The van der Waals surface area contributed by atoms with Crippen molar-refractivity contribution in [2.24, 2.45) is 0 Å². The number of hydrogen-bond donors (Lipinski definition) is 1. The molecule has 0 saturated carbocycles. The van der Waals surface area contributed by atoms with E-state index in [2.05, 4.69) is 22.1 Å². The van der Waals surface area contributed by atoms with Gasteiger partial charge in [0.15, 0.2) is 5.16 Å². The molecule has 2 heterocycles. The van der Waals surface area contributed by atoms with Crippen LogP contribution in [0, 0.1) is 0 Å². The maximum atomic E-state index is 12.6. The van der Waals surface area contributed by atoms with Crippen molar-refractivity contribution in [3.8, 4) is 0 Å². The summed E-state index contributed by atoms with van der Waals surface area (Å²) < 4.78 is 0. The molecule has 0 unspecified atom stereocenters. The molecular weight excluding hydrogens is 318 g/mol. The number of hydrogen-bond acceptors (Lipinski definition) is 3. The summed E-state index contributed by atoms with van der Waals surface area (Å²) in [6.45, 7) is 0.825. The Morgan fingerprint density at radius 2 is 2.00 bits per heavy atom. The van der Waals surface area contributed by atoms with E-state index in [0.717, 1.165) is 47.0 Å². The number of thioether (sulfide) groups is 1. The van der Waals surface area contributed by atoms with Crippen molar-refractivity contribution in [1.82, 2.24) is 9.97 Å². The Kier molecular flexibility index (Phi) is 4.26. The lowest BCUT2D eigenvalue weighted by Gasteiger charge is -2.29. The van der Waals surface area contributed by atoms with Gasteiger partial charge in [-0.3, -0.25) is 4.79 Å². The van der Waals surface area contributed by atoms with Crippen LogP contribution in [0.15, 0.2) is 53.7 Å². The van der Waals surface area contributed by atoms with Gasteiger partial charge in [0.05, 0.1) is 11.0 Å². The molecule has 0 fully saturated rings. The molecule has 24 heavy (non-hydrogen) atoms. The van der Waals surface area contributed by atoms with Gasteiger partial charge in [-0.25, -0.2) is 4.98 Å². The Bertz CT molecular complexity index is 841. The molecular formula is C19H19N3OS. The van der Waals surface area contributed by atoms with Crippen LogP contribution in [0.25, 0.3) is 11.0 Å². The summed E-state index contributed by atoms with van der Waals surface area (Å²) in [5, 5.41) is 0.878. The van der Waals surface area contributed by atoms with Gasteiger partial charge in [-0.15, -0.1) is 0 Å². The standard InChI is InChI=1S/C19H19N3OS/c23-18(22-12-5-7-14-6-1-4-10-17(14)22)11-13-24-19-20-15-8-2-3-9-16(15)21-19/h1-4,6,8-10H,5,7,11-13H2,(H,20,21). The first-order valence-electron chi connectivity index (χ1n) is 8.27. The molecule has 5 heteroatoms. The van der Waals surface area contributed by atoms with E-state index in [0.29, 0.717) is 6.42 Å². The average molecular weight is 337 g/mol. The normalized spacial score (nSPS) is 13.9. The molecule has 0 atom stereocenters. The molecule has 1 N–H and O–H groups in total. The number of benzene rings is 2. The molecule has 1 aliphatic heterocycles. The number of aromatic amines is 1. The first kappa shape index (κ1) is 15.3. The molecule has 1 aliphatic rings. The van der Waals surface area contributed by atoms with E-state index in [4.69, 9.17) is 0 Å². The van der Waals surface area contributed by atoms with E-state index in [9.17, 15) is 4.79 Å². The fourth-order valence-electron chi connectivity index (χ4n) is 3.16. The molecule has 0 bridgehead atoms. The van der Waals surface area contributed by atoms with Gasteiger partial charge in [0, 0.05) is 24.4 Å². The quantitative estimate of drug-likeness (QED) is 0.731. The minimum atomic E-state index is 0.200. The Labute approximate surface area is 145 Å². The van der Waals surface area contributed by atoms with Crippen molar-refractivity contribution in [2.75, 3.05) is 17.2 Å². The molecule has 4 rings (SSSR count). The highest BCUT2D eigenvalue weighted by Gasteiger charge is 2.21. The number of nitrogens with one attached hydrogen (secondary N) is 1. The van der Waals surface area contributed by atoms with Gasteiger partial charge in [0.1, 0.15) is 0 Å². The third kappa shape index (κ3) is 3.04. The number of aryl methyl sites for hydroxylation is 1. The summed E-state index contributed by atoms with van der Waals surface area (Å²) >= 11 is 1.61. The third-order valence-electron chi connectivity index (χ3n) is 4.33. The lowest BCUT2D eigenvalue weighted by atomic mass is 10.0. The minimum absolute atomic E-state index is 0.200. The highest BCUT2D eigenvalue weighted by atomic mass is 32.2. The van der Waals surface area contributed by atoms with E-state index in [1.807, 2.05) is 41.3 Å². The summed E-state index contributed by atoms with van der Waals surface area (Å²) in [6.07, 6.45) is 2.63. The van der Waals surface area contributed by atoms with Crippen molar-refractivity contribution < 1.29 is 4.79 Å². The van der Waals surface area contributed by atoms with Crippen LogP contribution in [0.3, 0.4) is 0 Å². The predicted octanol–water partition coefficient (Wildman–Crippen LogP) is 4.02. The van der Waals surface area contributed by atoms with Crippen LogP contribution >= 0.6 is 11.8 Å². The van der Waals surface area contributed by atoms with E-state index >= 15 is 0 Å². The Hall–Kier alpha value is -2.27. The van der Waals surface area contributed by atoms with Crippen LogP contribution in [-0.4, -0.2) is 28.2 Å². The largest absolute Gasteiger partial charge is 0.333 e. The molecule has 0 spiro atoms. The minimum Gasteiger partial charge on any atom is -0.333 e. The van der Waals surface area contributed by atoms with Crippen molar-refractivity contribution in [3.63, 3.8) is 0 Å². The second kappa shape index (κ2) is 6.69. The van der Waals surface area contributed by atoms with Crippen LogP contribution < -0.4 is 4.90 Å². The average Bonchev–Trinajstić information content (AvgIpc) is 3.04. The van der Waals surface area contributed by atoms with Crippen molar-refractivity contribution in [2.45, 2.75) is 24.4 Å². The number of imidazole rings is 1. The number of aromatic nitrogens is 2. The fourth-order valence-corrected chi connectivity index (χ4v) is 3.98. The number of carbonyl (C=O) groups is 1. The number of anilines is 1. The van der Waals surface area contributed by atoms with E-state index in [-0.39, 0.29) is 5.91 Å². The van der Waals surface area contributed by atoms with Crippen LogP contribution in [0.1, 0.15) is 18.4 Å². The number of rotatable bonds is 4. The molecule has 1 amide bonds. The zero-order valence-electron chi connectivity index (χ0n) is 13.4. The monoisotopic (exact) mass is 337 g/mol. The number of nitrogens with zero attached hydrogens (tertiary/aromatic N) is 2. The number of H-pyrrole nitrogens is 1. The summed E-state index contributed by atoms with van der Waals surface area (Å²) in [5.41, 5.74) is 4.37. The van der Waals surface area contributed by atoms with Gasteiger partial charge in [-0.1, -0.05) is 42.1 Å². The van der Waals surface area contributed by atoms with Crippen LogP contribution in [-0.2, 0) is 11.2 Å². The maximum Gasteiger partial charge on any atom is 0.227 e. The van der Waals surface area contributed by atoms with Gasteiger partial charge < -0.3 is 9.88 Å². The molecule has 0 radical (unpaired) electrons. The SMILES string of the molecule is O=C(CCSc1nc2ccccc2[nH]1)N1CCCc2ccccc21. The van der Waals surface area contributed by atoms with Crippen LogP contribution in [0.4, 0.5) is 5.69 Å². The lowest BCUT2D eigenvalue weighted by molar-refractivity contribution is -0.118. The zero-order valence-corrected chi connectivity index (χ0v) is 14.2. The van der Waals surface area contributed by atoms with Crippen molar-refractivity contribution in [3.05, 3.63) is 54.1 Å². The number of amides is 1. The molecule has 0 aliphatic carbocycles. The third-order valence-corrected chi connectivity index (χ3v) is 5.21. The summed E-state index contributed by atoms with van der Waals surface area (Å²) in [4.78, 5) is 22.4. The lowest BCUT2D eigenvalue weighted by Crippen LogP contribution is -2.35.